The quantitative estimate of drug-likeness (QED) is 0.892. The molecule has 1 rings (SSSR count). The van der Waals surface area contributed by atoms with Crippen LogP contribution in [0.2, 0.25) is 5.02 Å². The summed E-state index contributed by atoms with van der Waals surface area (Å²) in [6, 6.07) is 1.48. The van der Waals surface area contributed by atoms with Crippen LogP contribution < -0.4 is 11.1 Å². The first kappa shape index (κ1) is 14.3. The maximum atomic E-state index is 11.4. The number of halogens is 1. The highest BCUT2D eigenvalue weighted by molar-refractivity contribution is 7.10. The van der Waals surface area contributed by atoms with E-state index in [0.717, 1.165) is 4.88 Å². The lowest BCUT2D eigenvalue weighted by atomic mass is 10.2. The highest BCUT2D eigenvalue weighted by Gasteiger charge is 2.18. The predicted octanol–water partition coefficient (Wildman–Crippen LogP) is 2.93. The van der Waals surface area contributed by atoms with E-state index in [4.69, 9.17) is 22.1 Å². The van der Waals surface area contributed by atoms with Crippen LogP contribution >= 0.6 is 22.9 Å². The molecule has 1 heterocycles. The SMILES string of the molecule is CC(C)(C)OC(=O)NCC(N)c1sccc1Cl. The third-order valence-corrected chi connectivity index (χ3v) is 3.34. The molecule has 0 aliphatic rings. The minimum Gasteiger partial charge on any atom is -0.444 e. The van der Waals surface area contributed by atoms with Gasteiger partial charge in [0.1, 0.15) is 5.60 Å². The van der Waals surface area contributed by atoms with Crippen molar-refractivity contribution in [2.75, 3.05) is 6.54 Å². The number of thiophene rings is 1. The van der Waals surface area contributed by atoms with Crippen LogP contribution in [0.15, 0.2) is 11.4 Å². The molecule has 0 aliphatic carbocycles. The molecule has 1 aromatic rings. The second-order valence-electron chi connectivity index (χ2n) is 4.62. The maximum absolute atomic E-state index is 11.4. The fourth-order valence-electron chi connectivity index (χ4n) is 1.17. The molecular weight excluding hydrogens is 260 g/mol. The Kier molecular flexibility index (Phi) is 4.80. The van der Waals surface area contributed by atoms with Crippen LogP contribution in [0, 0.1) is 0 Å². The number of carbonyl (C=O) groups excluding carboxylic acids is 1. The first-order chi connectivity index (χ1) is 7.79. The minimum atomic E-state index is -0.505. The average molecular weight is 277 g/mol. The van der Waals surface area contributed by atoms with E-state index in [2.05, 4.69) is 5.32 Å². The Morgan fingerprint density at radius 1 is 1.65 bits per heavy atom. The molecule has 0 aliphatic heterocycles. The van der Waals surface area contributed by atoms with Gasteiger partial charge in [-0.15, -0.1) is 11.3 Å². The Balaban J connectivity index is 2.41. The third-order valence-electron chi connectivity index (χ3n) is 1.85. The van der Waals surface area contributed by atoms with Gasteiger partial charge in [0.2, 0.25) is 0 Å². The second-order valence-corrected chi connectivity index (χ2v) is 5.98. The summed E-state index contributed by atoms with van der Waals surface area (Å²) in [5, 5.41) is 5.12. The van der Waals surface area contributed by atoms with Crippen LogP contribution in [0.5, 0.6) is 0 Å². The fourth-order valence-corrected chi connectivity index (χ4v) is 2.37. The van der Waals surface area contributed by atoms with Gasteiger partial charge in [-0.05, 0) is 32.2 Å². The van der Waals surface area contributed by atoms with Crippen molar-refractivity contribution in [2.24, 2.45) is 5.73 Å². The lowest BCUT2D eigenvalue weighted by Gasteiger charge is -2.20. The molecule has 0 saturated carbocycles. The van der Waals surface area contributed by atoms with Gasteiger partial charge >= 0.3 is 6.09 Å². The molecule has 96 valence electrons. The van der Waals surface area contributed by atoms with Crippen molar-refractivity contribution < 1.29 is 9.53 Å². The number of hydrogen-bond donors (Lipinski definition) is 2. The van der Waals surface area contributed by atoms with Crippen molar-refractivity contribution >= 4 is 29.0 Å². The number of nitrogens with two attached hydrogens (primary N) is 1. The summed E-state index contributed by atoms with van der Waals surface area (Å²) in [5.41, 5.74) is 5.40. The lowest BCUT2D eigenvalue weighted by molar-refractivity contribution is 0.0524. The molecule has 0 bridgehead atoms. The topological polar surface area (TPSA) is 64.3 Å². The summed E-state index contributed by atoms with van der Waals surface area (Å²) in [6.07, 6.45) is -0.472. The van der Waals surface area contributed by atoms with Crippen molar-refractivity contribution in [1.29, 1.82) is 0 Å². The molecule has 1 atom stereocenters. The van der Waals surface area contributed by atoms with Crippen LogP contribution in [0.3, 0.4) is 0 Å². The largest absolute Gasteiger partial charge is 0.444 e. The van der Waals surface area contributed by atoms with Crippen molar-refractivity contribution in [3.63, 3.8) is 0 Å². The number of rotatable bonds is 3. The van der Waals surface area contributed by atoms with Crippen LogP contribution in [-0.4, -0.2) is 18.2 Å². The first-order valence-corrected chi connectivity index (χ1v) is 6.50. The fraction of sp³-hybridized carbons (Fsp3) is 0.545. The summed E-state index contributed by atoms with van der Waals surface area (Å²) in [6.45, 7) is 5.73. The van der Waals surface area contributed by atoms with Gasteiger partial charge in [-0.25, -0.2) is 4.79 Å². The molecule has 0 saturated heterocycles. The Morgan fingerprint density at radius 3 is 2.76 bits per heavy atom. The van der Waals surface area contributed by atoms with Crippen molar-refractivity contribution in [1.82, 2.24) is 5.32 Å². The molecular formula is C11H17ClN2O2S. The number of ether oxygens (including phenoxy) is 1. The van der Waals surface area contributed by atoms with E-state index in [9.17, 15) is 4.79 Å². The zero-order valence-corrected chi connectivity index (χ0v) is 11.7. The first-order valence-electron chi connectivity index (χ1n) is 5.25. The van der Waals surface area contributed by atoms with Crippen molar-refractivity contribution in [2.45, 2.75) is 32.4 Å². The van der Waals surface area contributed by atoms with Crippen LogP contribution in [0.1, 0.15) is 31.7 Å². The van der Waals surface area contributed by atoms with Gasteiger partial charge in [-0.1, -0.05) is 11.6 Å². The molecule has 0 fully saturated rings. The van der Waals surface area contributed by atoms with E-state index in [1.165, 1.54) is 11.3 Å². The number of nitrogens with one attached hydrogen (secondary N) is 1. The van der Waals surface area contributed by atoms with Gasteiger partial charge in [0, 0.05) is 11.4 Å². The minimum absolute atomic E-state index is 0.301. The molecule has 17 heavy (non-hydrogen) atoms. The standard InChI is InChI=1S/C11H17ClN2O2S/c1-11(2,3)16-10(15)14-6-8(13)9-7(12)4-5-17-9/h4-5,8H,6,13H2,1-3H3,(H,14,15). The van der Waals surface area contributed by atoms with Crippen LogP contribution in [0.25, 0.3) is 0 Å². The zero-order valence-electron chi connectivity index (χ0n) is 10.1. The van der Waals surface area contributed by atoms with Gasteiger partial charge in [-0.3, -0.25) is 0 Å². The normalized spacial score (nSPS) is 13.2. The van der Waals surface area contributed by atoms with Crippen molar-refractivity contribution in [3.8, 4) is 0 Å². The molecule has 6 heteroatoms. The Hall–Kier alpha value is -0.780. The van der Waals surface area contributed by atoms with Crippen molar-refractivity contribution in [3.05, 3.63) is 21.3 Å². The Morgan fingerprint density at radius 2 is 2.29 bits per heavy atom. The Labute approximate surface area is 110 Å². The summed E-state index contributed by atoms with van der Waals surface area (Å²) in [5.74, 6) is 0. The monoisotopic (exact) mass is 276 g/mol. The Bertz CT molecular complexity index is 387. The summed E-state index contributed by atoms with van der Waals surface area (Å²) in [4.78, 5) is 12.3. The third kappa shape index (κ3) is 4.93. The molecule has 3 N–H and O–H groups in total. The van der Waals surface area contributed by atoms with E-state index in [-0.39, 0.29) is 6.04 Å². The van der Waals surface area contributed by atoms with E-state index >= 15 is 0 Å². The summed E-state index contributed by atoms with van der Waals surface area (Å²) in [7, 11) is 0. The maximum Gasteiger partial charge on any atom is 0.407 e. The molecule has 0 radical (unpaired) electrons. The summed E-state index contributed by atoms with van der Waals surface area (Å²) < 4.78 is 5.10. The van der Waals surface area contributed by atoms with Gasteiger partial charge in [0.15, 0.2) is 0 Å². The smallest absolute Gasteiger partial charge is 0.407 e. The number of alkyl carbamates (subject to hydrolysis) is 1. The molecule has 0 aromatic carbocycles. The molecule has 4 nitrogen and oxygen atoms in total. The van der Waals surface area contributed by atoms with Gasteiger partial charge in [0.25, 0.3) is 0 Å². The molecule has 1 aromatic heterocycles. The molecule has 1 unspecified atom stereocenters. The lowest BCUT2D eigenvalue weighted by Crippen LogP contribution is -2.36. The van der Waals surface area contributed by atoms with E-state index < -0.39 is 11.7 Å². The predicted molar refractivity (Wildman–Crippen MR) is 70.5 cm³/mol. The van der Waals surface area contributed by atoms with Gasteiger partial charge < -0.3 is 15.8 Å². The zero-order chi connectivity index (χ0) is 13.1. The number of carbonyl (C=O) groups is 1. The highest BCUT2D eigenvalue weighted by atomic mass is 35.5. The van der Waals surface area contributed by atoms with Gasteiger partial charge in [-0.2, -0.15) is 0 Å². The highest BCUT2D eigenvalue weighted by Crippen LogP contribution is 2.26. The summed E-state index contributed by atoms with van der Waals surface area (Å²) >= 11 is 7.42. The molecule has 0 spiro atoms. The van der Waals surface area contributed by atoms with Crippen LogP contribution in [-0.2, 0) is 4.74 Å². The van der Waals surface area contributed by atoms with E-state index in [1.807, 2.05) is 26.2 Å². The average Bonchev–Trinajstić information content (AvgIpc) is 2.58. The number of amides is 1. The second kappa shape index (κ2) is 5.71. The number of hydrogen-bond acceptors (Lipinski definition) is 4. The van der Waals surface area contributed by atoms with Crippen LogP contribution in [0.4, 0.5) is 4.79 Å². The molecule has 1 amide bonds. The van der Waals surface area contributed by atoms with E-state index in [0.29, 0.717) is 11.6 Å². The van der Waals surface area contributed by atoms with Gasteiger partial charge in [0.05, 0.1) is 11.1 Å². The van der Waals surface area contributed by atoms with E-state index in [1.54, 1.807) is 6.07 Å².